The van der Waals surface area contributed by atoms with Crippen molar-refractivity contribution in [2.24, 2.45) is 0 Å². The number of rotatable bonds is 7. The van der Waals surface area contributed by atoms with Crippen LogP contribution in [0.1, 0.15) is 38.7 Å². The van der Waals surface area contributed by atoms with Gasteiger partial charge in [-0.25, -0.2) is 0 Å². The zero-order valence-corrected chi connectivity index (χ0v) is 14.5. The van der Waals surface area contributed by atoms with Crippen LogP contribution < -0.4 is 4.90 Å². The van der Waals surface area contributed by atoms with E-state index in [1.807, 2.05) is 6.07 Å². The van der Waals surface area contributed by atoms with Crippen molar-refractivity contribution in [1.82, 2.24) is 0 Å². The fourth-order valence-corrected chi connectivity index (χ4v) is 2.27. The van der Waals surface area contributed by atoms with Gasteiger partial charge in [0, 0.05) is 19.2 Å². The number of carbonyl (C=O) groups is 1. The van der Waals surface area contributed by atoms with Gasteiger partial charge < -0.3 is 4.90 Å². The van der Waals surface area contributed by atoms with E-state index in [2.05, 4.69) is 0 Å². The number of halogens is 3. The van der Waals surface area contributed by atoms with Crippen molar-refractivity contribution in [2.75, 3.05) is 11.9 Å². The van der Waals surface area contributed by atoms with Crippen molar-refractivity contribution in [3.63, 3.8) is 0 Å². The molecule has 3 nitrogen and oxygen atoms in total. The third kappa shape index (κ3) is 5.79. The average molecular weight is 350 g/mol. The Bertz CT molecular complexity index is 712. The van der Waals surface area contributed by atoms with E-state index < -0.39 is 11.7 Å². The van der Waals surface area contributed by atoms with Gasteiger partial charge in [0.1, 0.15) is 0 Å². The summed E-state index contributed by atoms with van der Waals surface area (Å²) in [7, 11) is 1.52. The molecular formula is C19H21F3N2O. The monoisotopic (exact) mass is 350 g/mol. The van der Waals surface area contributed by atoms with Crippen LogP contribution in [0.25, 0.3) is 0 Å². The van der Waals surface area contributed by atoms with Crippen LogP contribution in [0, 0.1) is 11.3 Å². The highest BCUT2D eigenvalue weighted by Crippen LogP contribution is 2.30. The number of allylic oxidation sites excluding steroid dienone is 4. The molecule has 0 heterocycles. The SMILES string of the molecule is CC/C=C(/C=C(/C(=O)CCC)N(C)c1cccc(C#N)c1)C(F)(F)F. The summed E-state index contributed by atoms with van der Waals surface area (Å²) >= 11 is 0. The molecule has 0 atom stereocenters. The lowest BCUT2D eigenvalue weighted by Gasteiger charge is -2.23. The van der Waals surface area contributed by atoms with Crippen molar-refractivity contribution in [1.29, 1.82) is 5.26 Å². The molecule has 0 aliphatic carbocycles. The Kier molecular flexibility index (Phi) is 7.43. The lowest BCUT2D eigenvalue weighted by atomic mass is 10.1. The largest absolute Gasteiger partial charge is 0.416 e. The van der Waals surface area contributed by atoms with E-state index >= 15 is 0 Å². The molecule has 0 aliphatic heterocycles. The van der Waals surface area contributed by atoms with Gasteiger partial charge in [0.05, 0.1) is 22.9 Å². The number of hydrogen-bond donors (Lipinski definition) is 0. The molecule has 1 aromatic carbocycles. The molecule has 0 saturated carbocycles. The number of likely N-dealkylation sites (N-methyl/N-ethyl adjacent to an activating group) is 1. The molecule has 0 aliphatic rings. The van der Waals surface area contributed by atoms with Crippen molar-refractivity contribution in [3.8, 4) is 6.07 Å². The molecule has 134 valence electrons. The second kappa shape index (κ2) is 9.07. The summed E-state index contributed by atoms with van der Waals surface area (Å²) in [5, 5.41) is 8.99. The van der Waals surface area contributed by atoms with Gasteiger partial charge in [-0.2, -0.15) is 18.4 Å². The number of Topliss-reactive ketones (excluding diaryl/α,β-unsaturated/α-hetero) is 1. The highest BCUT2D eigenvalue weighted by atomic mass is 19.4. The fraction of sp³-hybridized carbons (Fsp3) is 0.368. The molecule has 6 heteroatoms. The first-order valence-electron chi connectivity index (χ1n) is 8.00. The third-order valence-corrected chi connectivity index (χ3v) is 3.53. The molecular weight excluding hydrogens is 329 g/mol. The Hall–Kier alpha value is -2.55. The van der Waals surface area contributed by atoms with Gasteiger partial charge in [-0.1, -0.05) is 26.0 Å². The maximum Gasteiger partial charge on any atom is 0.416 e. The zero-order valence-electron chi connectivity index (χ0n) is 14.5. The predicted octanol–water partition coefficient (Wildman–Crippen LogP) is 5.15. The normalized spacial score (nSPS) is 12.7. The maximum atomic E-state index is 13.2. The van der Waals surface area contributed by atoms with Crippen molar-refractivity contribution in [2.45, 2.75) is 39.3 Å². The van der Waals surface area contributed by atoms with Gasteiger partial charge >= 0.3 is 6.18 Å². The van der Waals surface area contributed by atoms with Crippen LogP contribution in [0.3, 0.4) is 0 Å². The summed E-state index contributed by atoms with van der Waals surface area (Å²) in [4.78, 5) is 13.8. The second-order valence-electron chi connectivity index (χ2n) is 5.49. The Morgan fingerprint density at radius 1 is 1.32 bits per heavy atom. The van der Waals surface area contributed by atoms with Crippen molar-refractivity contribution < 1.29 is 18.0 Å². The minimum absolute atomic E-state index is 0.0473. The van der Waals surface area contributed by atoms with Crippen molar-refractivity contribution >= 4 is 11.5 Å². The summed E-state index contributed by atoms with van der Waals surface area (Å²) in [6.45, 7) is 3.39. The number of nitrogens with zero attached hydrogens (tertiary/aromatic N) is 2. The number of benzene rings is 1. The van der Waals surface area contributed by atoms with Crippen LogP contribution in [0.15, 0.2) is 47.7 Å². The molecule has 0 amide bonds. The first-order chi connectivity index (χ1) is 11.7. The molecule has 1 aromatic rings. The minimum Gasteiger partial charge on any atom is -0.342 e. The van der Waals surface area contributed by atoms with E-state index in [-0.39, 0.29) is 24.3 Å². The minimum atomic E-state index is -4.54. The van der Waals surface area contributed by atoms with E-state index in [1.165, 1.54) is 18.0 Å². The molecule has 0 spiro atoms. The predicted molar refractivity (Wildman–Crippen MR) is 92.0 cm³/mol. The number of alkyl halides is 3. The van der Waals surface area contributed by atoms with Gasteiger partial charge in [0.15, 0.2) is 5.78 Å². The number of ketones is 1. The summed E-state index contributed by atoms with van der Waals surface area (Å²) < 4.78 is 39.6. The van der Waals surface area contributed by atoms with E-state index in [1.54, 1.807) is 32.0 Å². The molecule has 0 aromatic heterocycles. The number of hydrogen-bond acceptors (Lipinski definition) is 3. The summed E-state index contributed by atoms with van der Waals surface area (Å²) in [5.74, 6) is -0.376. The van der Waals surface area contributed by atoms with E-state index in [4.69, 9.17) is 5.26 Å². The fourth-order valence-electron chi connectivity index (χ4n) is 2.27. The number of nitriles is 1. The molecule has 0 bridgehead atoms. The van der Waals surface area contributed by atoms with Gasteiger partial charge in [0.25, 0.3) is 0 Å². The molecule has 0 fully saturated rings. The average Bonchev–Trinajstić information content (AvgIpc) is 2.57. The number of carbonyl (C=O) groups excluding carboxylic acids is 1. The smallest absolute Gasteiger partial charge is 0.342 e. The Labute approximate surface area is 146 Å². The molecule has 0 unspecified atom stereocenters. The number of anilines is 1. The van der Waals surface area contributed by atoms with Crippen LogP contribution in [0.4, 0.5) is 18.9 Å². The van der Waals surface area contributed by atoms with Gasteiger partial charge in [-0.15, -0.1) is 0 Å². The molecule has 0 radical (unpaired) electrons. The van der Waals surface area contributed by atoms with Gasteiger partial charge in [-0.3, -0.25) is 4.79 Å². The van der Waals surface area contributed by atoms with Crippen LogP contribution in [-0.2, 0) is 4.79 Å². The summed E-state index contributed by atoms with van der Waals surface area (Å²) in [6, 6.07) is 8.37. The van der Waals surface area contributed by atoms with Crippen molar-refractivity contribution in [3.05, 3.63) is 53.3 Å². The second-order valence-corrected chi connectivity index (χ2v) is 5.49. The molecule has 0 N–H and O–H groups in total. The maximum absolute atomic E-state index is 13.2. The Balaban J connectivity index is 3.42. The summed E-state index contributed by atoms with van der Waals surface area (Å²) in [6.07, 6.45) is -1.72. The topological polar surface area (TPSA) is 44.1 Å². The van der Waals surface area contributed by atoms with Gasteiger partial charge in [0.2, 0.25) is 0 Å². The Morgan fingerprint density at radius 2 is 2.00 bits per heavy atom. The van der Waals surface area contributed by atoms with E-state index in [0.717, 1.165) is 12.2 Å². The first kappa shape index (κ1) is 20.5. The molecule has 1 rings (SSSR count). The summed E-state index contributed by atoms with van der Waals surface area (Å²) in [5.41, 5.74) is -0.0498. The van der Waals surface area contributed by atoms with Crippen LogP contribution in [-0.4, -0.2) is 19.0 Å². The van der Waals surface area contributed by atoms with Crippen LogP contribution >= 0.6 is 0 Å². The quantitative estimate of drug-likeness (QED) is 0.505. The highest BCUT2D eigenvalue weighted by molar-refractivity contribution is 5.99. The third-order valence-electron chi connectivity index (χ3n) is 3.53. The lowest BCUT2D eigenvalue weighted by molar-refractivity contribution is -0.115. The lowest BCUT2D eigenvalue weighted by Crippen LogP contribution is -2.24. The van der Waals surface area contributed by atoms with Crippen LogP contribution in [0.5, 0.6) is 0 Å². The van der Waals surface area contributed by atoms with E-state index in [0.29, 0.717) is 17.7 Å². The van der Waals surface area contributed by atoms with Crippen LogP contribution in [0.2, 0.25) is 0 Å². The van der Waals surface area contributed by atoms with Gasteiger partial charge in [-0.05, 0) is 37.1 Å². The molecule has 0 saturated heterocycles. The highest BCUT2D eigenvalue weighted by Gasteiger charge is 2.33. The molecule has 25 heavy (non-hydrogen) atoms. The standard InChI is InChI=1S/C19H21F3N2O/c1-4-7-15(19(20,21)22)12-17(18(25)8-5-2)24(3)16-10-6-9-14(11-16)13-23/h6-7,9-12H,4-5,8H2,1-3H3/b15-7-,17-12-. The zero-order chi connectivity index (χ0) is 19.0. The Morgan fingerprint density at radius 3 is 2.52 bits per heavy atom. The van der Waals surface area contributed by atoms with E-state index in [9.17, 15) is 18.0 Å². The first-order valence-corrected chi connectivity index (χ1v) is 8.00.